The molecule has 13 heavy (non-hydrogen) atoms. The van der Waals surface area contributed by atoms with Crippen LogP contribution in [0.25, 0.3) is 0 Å². The lowest BCUT2D eigenvalue weighted by molar-refractivity contribution is -0.143. The molecule has 0 rings (SSSR count). The zero-order chi connectivity index (χ0) is 10.1. The summed E-state index contributed by atoms with van der Waals surface area (Å²) >= 11 is 0. The Bertz CT molecular complexity index is 176. The quantitative estimate of drug-likeness (QED) is 0.271. The van der Waals surface area contributed by atoms with Crippen molar-refractivity contribution in [2.75, 3.05) is 6.73 Å². The first-order valence-electron chi connectivity index (χ1n) is 4.37. The number of ether oxygens (including phenoxy) is 1. The molecule has 0 spiro atoms. The molecule has 0 aromatic heterocycles. The van der Waals surface area contributed by atoms with E-state index >= 15 is 0 Å². The second kappa shape index (κ2) is 7.39. The van der Waals surface area contributed by atoms with E-state index < -0.39 is 0 Å². The Kier molecular flexibility index (Phi) is 6.68. The Hall–Kier alpha value is -1.26. The van der Waals surface area contributed by atoms with Crippen LogP contribution in [-0.2, 0) is 9.53 Å². The van der Waals surface area contributed by atoms with Gasteiger partial charge in [-0.25, -0.2) is 4.99 Å². The summed E-state index contributed by atoms with van der Waals surface area (Å²) in [6.45, 7) is 2.00. The summed E-state index contributed by atoms with van der Waals surface area (Å²) in [4.78, 5) is 14.4. The minimum Gasteiger partial charge on any atom is -0.442 e. The highest BCUT2D eigenvalue weighted by molar-refractivity contribution is 5.75. The summed E-state index contributed by atoms with van der Waals surface area (Å²) in [7, 11) is 0. The van der Waals surface area contributed by atoms with Gasteiger partial charge >= 0.3 is 5.97 Å². The van der Waals surface area contributed by atoms with Gasteiger partial charge < -0.3 is 16.2 Å². The molecule has 4 N–H and O–H groups in total. The van der Waals surface area contributed by atoms with Gasteiger partial charge in [-0.15, -0.1) is 0 Å². The second-order valence-corrected chi connectivity index (χ2v) is 2.69. The van der Waals surface area contributed by atoms with E-state index in [0.717, 1.165) is 19.3 Å². The van der Waals surface area contributed by atoms with E-state index in [0.29, 0.717) is 6.42 Å². The van der Waals surface area contributed by atoms with Crippen LogP contribution in [0, 0.1) is 0 Å². The van der Waals surface area contributed by atoms with E-state index in [9.17, 15) is 4.79 Å². The molecule has 0 amide bonds. The molecule has 0 aliphatic heterocycles. The Labute approximate surface area is 78.1 Å². The zero-order valence-electron chi connectivity index (χ0n) is 7.95. The van der Waals surface area contributed by atoms with Crippen LogP contribution in [0.5, 0.6) is 0 Å². The van der Waals surface area contributed by atoms with Crippen molar-refractivity contribution >= 4 is 11.9 Å². The predicted molar refractivity (Wildman–Crippen MR) is 50.9 cm³/mol. The van der Waals surface area contributed by atoms with E-state index in [-0.39, 0.29) is 18.7 Å². The molecule has 76 valence electrons. The fraction of sp³-hybridized carbons (Fsp3) is 0.750. The summed E-state index contributed by atoms with van der Waals surface area (Å²) in [5.74, 6) is -0.320. The highest BCUT2D eigenvalue weighted by atomic mass is 16.5. The van der Waals surface area contributed by atoms with Crippen LogP contribution < -0.4 is 11.5 Å². The number of hydrogen-bond donors (Lipinski definition) is 2. The van der Waals surface area contributed by atoms with Crippen molar-refractivity contribution in [1.82, 2.24) is 0 Å². The van der Waals surface area contributed by atoms with E-state index in [4.69, 9.17) is 16.2 Å². The zero-order valence-corrected chi connectivity index (χ0v) is 7.95. The van der Waals surface area contributed by atoms with Crippen molar-refractivity contribution in [2.24, 2.45) is 16.5 Å². The van der Waals surface area contributed by atoms with Crippen LogP contribution in [0.2, 0.25) is 0 Å². The van der Waals surface area contributed by atoms with Gasteiger partial charge in [-0.2, -0.15) is 0 Å². The lowest BCUT2D eigenvalue weighted by Gasteiger charge is -2.00. The number of rotatable bonds is 6. The topological polar surface area (TPSA) is 90.7 Å². The van der Waals surface area contributed by atoms with Crippen LogP contribution in [0.15, 0.2) is 4.99 Å². The van der Waals surface area contributed by atoms with Crippen molar-refractivity contribution in [2.45, 2.75) is 32.6 Å². The second-order valence-electron chi connectivity index (χ2n) is 2.69. The summed E-state index contributed by atoms with van der Waals surface area (Å²) in [5, 5.41) is 0. The highest BCUT2D eigenvalue weighted by Crippen LogP contribution is 2.00. The molecule has 0 radical (unpaired) electrons. The maximum atomic E-state index is 10.9. The molecule has 0 aliphatic rings. The number of guanidine groups is 1. The number of carbonyl (C=O) groups is 1. The Morgan fingerprint density at radius 1 is 1.38 bits per heavy atom. The van der Waals surface area contributed by atoms with Gasteiger partial charge in [0.2, 0.25) is 0 Å². The first kappa shape index (κ1) is 11.7. The van der Waals surface area contributed by atoms with E-state index in [1.165, 1.54) is 0 Å². The van der Waals surface area contributed by atoms with Crippen molar-refractivity contribution in [3.05, 3.63) is 0 Å². The highest BCUT2D eigenvalue weighted by Gasteiger charge is 2.00. The summed E-state index contributed by atoms with van der Waals surface area (Å²) in [6.07, 6.45) is 3.42. The molecule has 5 heteroatoms. The number of esters is 1. The first-order valence-corrected chi connectivity index (χ1v) is 4.37. The predicted octanol–water partition coefficient (Wildman–Crippen LogP) is 0.341. The normalized spacial score (nSPS) is 9.31. The monoisotopic (exact) mass is 187 g/mol. The molecule has 0 aromatic rings. The van der Waals surface area contributed by atoms with Gasteiger partial charge in [-0.3, -0.25) is 4.79 Å². The maximum Gasteiger partial charge on any atom is 0.307 e. The molecule has 0 atom stereocenters. The number of aliphatic imine (C=N–C) groups is 1. The van der Waals surface area contributed by atoms with Crippen molar-refractivity contribution < 1.29 is 9.53 Å². The van der Waals surface area contributed by atoms with Crippen LogP contribution in [-0.4, -0.2) is 18.7 Å². The Balaban J connectivity index is 3.36. The standard InChI is InChI=1S/C8H17N3O2/c1-2-3-4-5-7(12)13-6-11-8(9)10/h2-6H2,1H3,(H4,9,10,11). The molecule has 0 bridgehead atoms. The first-order chi connectivity index (χ1) is 6.16. The van der Waals surface area contributed by atoms with E-state index in [2.05, 4.69) is 11.9 Å². The number of nitrogens with two attached hydrogens (primary N) is 2. The number of hydrogen-bond acceptors (Lipinski definition) is 3. The molecule has 0 saturated heterocycles. The van der Waals surface area contributed by atoms with Crippen LogP contribution in [0.1, 0.15) is 32.6 Å². The largest absolute Gasteiger partial charge is 0.442 e. The van der Waals surface area contributed by atoms with Crippen LogP contribution in [0.3, 0.4) is 0 Å². The fourth-order valence-electron chi connectivity index (χ4n) is 0.770. The summed E-state index contributed by atoms with van der Waals surface area (Å²) in [6, 6.07) is 0. The molecule has 0 aromatic carbocycles. The third-order valence-corrected chi connectivity index (χ3v) is 1.46. The maximum absolute atomic E-state index is 10.9. The Morgan fingerprint density at radius 2 is 2.08 bits per heavy atom. The Morgan fingerprint density at radius 3 is 2.62 bits per heavy atom. The van der Waals surface area contributed by atoms with Gasteiger partial charge in [-0.1, -0.05) is 19.8 Å². The van der Waals surface area contributed by atoms with Crippen LogP contribution >= 0.6 is 0 Å². The van der Waals surface area contributed by atoms with Gasteiger partial charge in [0, 0.05) is 6.42 Å². The smallest absolute Gasteiger partial charge is 0.307 e. The number of carbonyl (C=O) groups excluding carboxylic acids is 1. The fourth-order valence-corrected chi connectivity index (χ4v) is 0.770. The van der Waals surface area contributed by atoms with Gasteiger partial charge in [0.15, 0.2) is 12.7 Å². The minimum absolute atomic E-state index is 0.0682. The van der Waals surface area contributed by atoms with Gasteiger partial charge in [0.25, 0.3) is 0 Å². The van der Waals surface area contributed by atoms with Crippen molar-refractivity contribution in [3.8, 4) is 0 Å². The number of unbranched alkanes of at least 4 members (excludes halogenated alkanes) is 2. The van der Waals surface area contributed by atoms with E-state index in [1.807, 2.05) is 0 Å². The average Bonchev–Trinajstić information content (AvgIpc) is 2.04. The average molecular weight is 187 g/mol. The van der Waals surface area contributed by atoms with Crippen molar-refractivity contribution in [3.63, 3.8) is 0 Å². The lowest BCUT2D eigenvalue weighted by Crippen LogP contribution is -2.23. The molecule has 0 unspecified atom stereocenters. The lowest BCUT2D eigenvalue weighted by atomic mass is 10.2. The van der Waals surface area contributed by atoms with Crippen LogP contribution in [0.4, 0.5) is 0 Å². The molecule has 5 nitrogen and oxygen atoms in total. The summed E-state index contributed by atoms with van der Waals surface area (Å²) < 4.78 is 4.71. The third-order valence-electron chi connectivity index (χ3n) is 1.46. The van der Waals surface area contributed by atoms with Gasteiger partial charge in [0.1, 0.15) is 0 Å². The van der Waals surface area contributed by atoms with E-state index in [1.54, 1.807) is 0 Å². The van der Waals surface area contributed by atoms with Gasteiger partial charge in [-0.05, 0) is 6.42 Å². The SMILES string of the molecule is CCCCCC(=O)OCN=C(N)N. The molecular formula is C8H17N3O2. The molecule has 0 heterocycles. The molecule has 0 fully saturated rings. The number of nitrogens with zero attached hydrogens (tertiary/aromatic N) is 1. The van der Waals surface area contributed by atoms with Crippen molar-refractivity contribution in [1.29, 1.82) is 0 Å². The molecule has 0 aliphatic carbocycles. The molecular weight excluding hydrogens is 170 g/mol. The summed E-state index contributed by atoms with van der Waals surface area (Å²) in [5.41, 5.74) is 10.1. The van der Waals surface area contributed by atoms with Gasteiger partial charge in [0.05, 0.1) is 0 Å². The minimum atomic E-state index is -0.251. The molecule has 0 saturated carbocycles. The third kappa shape index (κ3) is 8.65.